The quantitative estimate of drug-likeness (QED) is 0.847. The highest BCUT2D eigenvalue weighted by Gasteiger charge is 2.22. The van der Waals surface area contributed by atoms with Crippen molar-refractivity contribution >= 4 is 18.0 Å². The molecule has 0 spiro atoms. The van der Waals surface area contributed by atoms with E-state index in [1.807, 2.05) is 20.0 Å². The number of hydrogen-bond donors (Lipinski definition) is 1. The summed E-state index contributed by atoms with van der Waals surface area (Å²) in [4.78, 5) is 24.8. The summed E-state index contributed by atoms with van der Waals surface area (Å²) < 4.78 is 0. The van der Waals surface area contributed by atoms with E-state index in [0.29, 0.717) is 11.5 Å². The van der Waals surface area contributed by atoms with Crippen LogP contribution >= 0.6 is 0 Å². The van der Waals surface area contributed by atoms with E-state index in [9.17, 15) is 9.59 Å². The SMILES string of the molecule is Cc1ccc(C(=O)N(C)CC2CCC2)cc1/C=C/C(=O)O. The van der Waals surface area contributed by atoms with Crippen molar-refractivity contribution in [3.05, 3.63) is 41.0 Å². The van der Waals surface area contributed by atoms with Gasteiger partial charge in [0.25, 0.3) is 5.91 Å². The molecule has 0 unspecified atom stereocenters. The molecule has 0 atom stereocenters. The minimum atomic E-state index is -0.992. The molecule has 112 valence electrons. The van der Waals surface area contributed by atoms with Crippen LogP contribution in [0.15, 0.2) is 24.3 Å². The number of nitrogens with zero attached hydrogens (tertiary/aromatic N) is 1. The second kappa shape index (κ2) is 6.57. The fraction of sp³-hybridized carbons (Fsp3) is 0.412. The Bertz CT molecular complexity index is 573. The molecular formula is C17H21NO3. The first kappa shape index (κ1) is 15.3. The first-order valence-electron chi connectivity index (χ1n) is 7.24. The van der Waals surface area contributed by atoms with Crippen LogP contribution in [0.5, 0.6) is 0 Å². The van der Waals surface area contributed by atoms with Crippen molar-refractivity contribution in [1.29, 1.82) is 0 Å². The summed E-state index contributed by atoms with van der Waals surface area (Å²) in [6, 6.07) is 5.41. The first-order chi connectivity index (χ1) is 9.97. The third kappa shape index (κ3) is 3.94. The minimum Gasteiger partial charge on any atom is -0.478 e. The lowest BCUT2D eigenvalue weighted by atomic mass is 9.85. The third-order valence-electron chi connectivity index (χ3n) is 4.04. The van der Waals surface area contributed by atoms with Crippen molar-refractivity contribution in [3.63, 3.8) is 0 Å². The number of amides is 1. The van der Waals surface area contributed by atoms with Gasteiger partial charge in [-0.25, -0.2) is 4.79 Å². The van der Waals surface area contributed by atoms with E-state index in [4.69, 9.17) is 5.11 Å². The summed E-state index contributed by atoms with van der Waals surface area (Å²) in [7, 11) is 1.83. The average molecular weight is 287 g/mol. The highest BCUT2D eigenvalue weighted by Crippen LogP contribution is 2.27. The summed E-state index contributed by atoms with van der Waals surface area (Å²) in [5.41, 5.74) is 2.32. The van der Waals surface area contributed by atoms with Crippen LogP contribution in [0.2, 0.25) is 0 Å². The van der Waals surface area contributed by atoms with Crippen LogP contribution in [0.4, 0.5) is 0 Å². The molecular weight excluding hydrogens is 266 g/mol. The second-order valence-corrected chi connectivity index (χ2v) is 5.73. The molecule has 4 nitrogen and oxygen atoms in total. The van der Waals surface area contributed by atoms with Crippen molar-refractivity contribution in [2.75, 3.05) is 13.6 Å². The zero-order valence-corrected chi connectivity index (χ0v) is 12.5. The van der Waals surface area contributed by atoms with Crippen LogP contribution in [0.1, 0.15) is 40.7 Å². The lowest BCUT2D eigenvalue weighted by Gasteiger charge is -2.30. The molecule has 1 saturated carbocycles. The molecule has 0 bridgehead atoms. The van der Waals surface area contributed by atoms with Gasteiger partial charge in [-0.1, -0.05) is 12.5 Å². The van der Waals surface area contributed by atoms with Gasteiger partial charge >= 0.3 is 5.97 Å². The van der Waals surface area contributed by atoms with E-state index >= 15 is 0 Å². The predicted octanol–water partition coefficient (Wildman–Crippen LogP) is 2.96. The molecule has 0 heterocycles. The van der Waals surface area contributed by atoms with Gasteiger partial charge in [0, 0.05) is 25.2 Å². The van der Waals surface area contributed by atoms with Gasteiger partial charge in [0.15, 0.2) is 0 Å². The number of carboxylic acid groups (broad SMARTS) is 1. The number of carbonyl (C=O) groups is 2. The molecule has 1 N–H and O–H groups in total. The van der Waals surface area contributed by atoms with Crippen LogP contribution in [-0.2, 0) is 4.79 Å². The number of aliphatic carboxylic acids is 1. The first-order valence-corrected chi connectivity index (χ1v) is 7.24. The Kier molecular flexibility index (Phi) is 4.78. The van der Waals surface area contributed by atoms with Crippen molar-refractivity contribution in [2.24, 2.45) is 5.92 Å². The van der Waals surface area contributed by atoms with Gasteiger partial charge in [-0.15, -0.1) is 0 Å². The van der Waals surface area contributed by atoms with Crippen molar-refractivity contribution in [1.82, 2.24) is 4.90 Å². The van der Waals surface area contributed by atoms with E-state index in [-0.39, 0.29) is 5.91 Å². The van der Waals surface area contributed by atoms with Crippen molar-refractivity contribution < 1.29 is 14.7 Å². The Hall–Kier alpha value is -2.10. The van der Waals surface area contributed by atoms with E-state index < -0.39 is 5.97 Å². The maximum absolute atomic E-state index is 12.4. The molecule has 1 amide bonds. The second-order valence-electron chi connectivity index (χ2n) is 5.73. The summed E-state index contributed by atoms with van der Waals surface area (Å²) in [6.45, 7) is 2.70. The zero-order valence-electron chi connectivity index (χ0n) is 12.5. The molecule has 0 radical (unpaired) electrons. The topological polar surface area (TPSA) is 57.6 Å². The largest absolute Gasteiger partial charge is 0.478 e. The smallest absolute Gasteiger partial charge is 0.328 e. The highest BCUT2D eigenvalue weighted by atomic mass is 16.4. The maximum Gasteiger partial charge on any atom is 0.328 e. The molecule has 4 heteroatoms. The molecule has 0 aliphatic heterocycles. The summed E-state index contributed by atoms with van der Waals surface area (Å²) in [5.74, 6) is -0.365. The maximum atomic E-state index is 12.4. The number of rotatable bonds is 5. The number of carboxylic acids is 1. The van der Waals surface area contributed by atoms with Crippen LogP contribution < -0.4 is 0 Å². The molecule has 21 heavy (non-hydrogen) atoms. The van der Waals surface area contributed by atoms with Gasteiger partial charge in [0.2, 0.25) is 0 Å². The van der Waals surface area contributed by atoms with Crippen molar-refractivity contribution in [3.8, 4) is 0 Å². The molecule has 2 rings (SSSR count). The zero-order chi connectivity index (χ0) is 15.4. The Morgan fingerprint density at radius 1 is 1.38 bits per heavy atom. The normalized spacial score (nSPS) is 15.0. The number of carbonyl (C=O) groups excluding carboxylic acids is 1. The van der Waals surface area contributed by atoms with E-state index in [0.717, 1.165) is 23.7 Å². The molecule has 1 aliphatic rings. The molecule has 1 aromatic rings. The summed E-state index contributed by atoms with van der Waals surface area (Å²) in [6.07, 6.45) is 6.30. The van der Waals surface area contributed by atoms with Gasteiger partial charge in [-0.05, 0) is 55.0 Å². The molecule has 1 aliphatic carbocycles. The molecule has 1 aromatic carbocycles. The van der Waals surface area contributed by atoms with Gasteiger partial charge in [0.05, 0.1) is 0 Å². The Morgan fingerprint density at radius 3 is 2.67 bits per heavy atom. The molecule has 0 saturated heterocycles. The van der Waals surface area contributed by atoms with E-state index in [1.165, 1.54) is 25.3 Å². The summed E-state index contributed by atoms with van der Waals surface area (Å²) in [5, 5.41) is 8.70. The Morgan fingerprint density at radius 2 is 2.10 bits per heavy atom. The highest BCUT2D eigenvalue weighted by molar-refractivity contribution is 5.95. The lowest BCUT2D eigenvalue weighted by molar-refractivity contribution is -0.131. The van der Waals surface area contributed by atoms with Gasteiger partial charge < -0.3 is 10.0 Å². The molecule has 0 aromatic heterocycles. The Labute approximate surface area is 125 Å². The van der Waals surface area contributed by atoms with E-state index in [1.54, 1.807) is 17.0 Å². The van der Waals surface area contributed by atoms with Gasteiger partial charge in [-0.2, -0.15) is 0 Å². The van der Waals surface area contributed by atoms with E-state index in [2.05, 4.69) is 0 Å². The number of benzene rings is 1. The fourth-order valence-corrected chi connectivity index (χ4v) is 2.48. The minimum absolute atomic E-state index is 0.00752. The van der Waals surface area contributed by atoms with Gasteiger partial charge in [0.1, 0.15) is 0 Å². The standard InChI is InChI=1S/C17H21NO3/c1-12-6-7-15(10-14(12)8-9-16(19)20)17(21)18(2)11-13-4-3-5-13/h6-10,13H,3-5,11H2,1-2H3,(H,19,20)/b9-8+. The van der Waals surface area contributed by atoms with Crippen molar-refractivity contribution in [2.45, 2.75) is 26.2 Å². The molecule has 1 fully saturated rings. The average Bonchev–Trinajstić information content (AvgIpc) is 2.40. The van der Waals surface area contributed by atoms with Crippen LogP contribution in [0.25, 0.3) is 6.08 Å². The summed E-state index contributed by atoms with van der Waals surface area (Å²) >= 11 is 0. The van der Waals surface area contributed by atoms with Crippen LogP contribution in [-0.4, -0.2) is 35.5 Å². The lowest BCUT2D eigenvalue weighted by Crippen LogP contribution is -2.34. The number of hydrogen-bond acceptors (Lipinski definition) is 2. The van der Waals surface area contributed by atoms with Gasteiger partial charge in [-0.3, -0.25) is 4.79 Å². The third-order valence-corrected chi connectivity index (χ3v) is 4.04. The number of aryl methyl sites for hydroxylation is 1. The predicted molar refractivity (Wildman–Crippen MR) is 82.2 cm³/mol. The monoisotopic (exact) mass is 287 g/mol. The van der Waals surface area contributed by atoms with Crippen LogP contribution in [0.3, 0.4) is 0 Å². The van der Waals surface area contributed by atoms with Crippen LogP contribution in [0, 0.1) is 12.8 Å². The fourth-order valence-electron chi connectivity index (χ4n) is 2.48. The Balaban J connectivity index is 2.13.